The molecule has 48 heavy (non-hydrogen) atoms. The van der Waals surface area contributed by atoms with E-state index >= 15 is 0 Å². The van der Waals surface area contributed by atoms with Gasteiger partial charge in [-0.05, 0) is 19.3 Å². The number of aliphatic hydroxyl groups excluding tert-OH is 3. The van der Waals surface area contributed by atoms with Gasteiger partial charge in [-0.15, -0.1) is 0 Å². The summed E-state index contributed by atoms with van der Waals surface area (Å²) in [5, 5.41) is 33.1. The molecule has 0 aliphatic carbocycles. The summed E-state index contributed by atoms with van der Waals surface area (Å²) in [4.78, 5) is 12.4. The van der Waals surface area contributed by atoms with Gasteiger partial charge in [-0.3, -0.25) is 4.79 Å². The molecule has 0 saturated heterocycles. The molecule has 3 unspecified atom stereocenters. The fraction of sp³-hybridized carbons (Fsp3) is 0.930. The second-order valence-electron chi connectivity index (χ2n) is 15.0. The molecule has 0 fully saturated rings. The largest absolute Gasteiger partial charge is 0.394 e. The van der Waals surface area contributed by atoms with Gasteiger partial charge in [0.15, 0.2) is 0 Å². The molecule has 0 aromatic rings. The SMILES string of the molecule is CCCCCCCCCC/C=C/C(O)C(CO)NC(=O)CC(O)CCCCCCCCCCCCCCCCCCCCCCCCC. The van der Waals surface area contributed by atoms with Crippen molar-refractivity contribution >= 4 is 5.91 Å². The van der Waals surface area contributed by atoms with Gasteiger partial charge >= 0.3 is 0 Å². The lowest BCUT2D eigenvalue weighted by atomic mass is 10.0. The molecule has 5 nitrogen and oxygen atoms in total. The molecule has 0 saturated carbocycles. The van der Waals surface area contributed by atoms with Gasteiger partial charge in [0.25, 0.3) is 0 Å². The van der Waals surface area contributed by atoms with Crippen LogP contribution in [0, 0.1) is 0 Å². The van der Waals surface area contributed by atoms with Gasteiger partial charge in [0.1, 0.15) is 0 Å². The number of hydrogen-bond donors (Lipinski definition) is 4. The van der Waals surface area contributed by atoms with Crippen LogP contribution in [-0.2, 0) is 4.79 Å². The average molecular weight is 680 g/mol. The molecule has 5 heteroatoms. The number of aliphatic hydroxyl groups is 3. The molecular weight excluding hydrogens is 594 g/mol. The topological polar surface area (TPSA) is 89.8 Å². The molecule has 0 aromatic heterocycles. The number of carbonyl (C=O) groups excluding carboxylic acids is 1. The Labute approximate surface area is 299 Å². The number of allylic oxidation sites excluding steroid dienone is 1. The molecule has 0 spiro atoms. The lowest BCUT2D eigenvalue weighted by Gasteiger charge is -2.21. The van der Waals surface area contributed by atoms with Crippen molar-refractivity contribution in [3.8, 4) is 0 Å². The highest BCUT2D eigenvalue weighted by Gasteiger charge is 2.20. The Morgan fingerprint density at radius 2 is 0.854 bits per heavy atom. The third-order valence-electron chi connectivity index (χ3n) is 10.1. The smallest absolute Gasteiger partial charge is 0.222 e. The molecular formula is C43H85NO4. The molecule has 0 radical (unpaired) electrons. The fourth-order valence-electron chi connectivity index (χ4n) is 6.75. The van der Waals surface area contributed by atoms with Crippen LogP contribution in [0.4, 0.5) is 0 Å². The second-order valence-corrected chi connectivity index (χ2v) is 15.0. The second kappa shape index (κ2) is 38.9. The van der Waals surface area contributed by atoms with Crippen molar-refractivity contribution in [1.29, 1.82) is 0 Å². The van der Waals surface area contributed by atoms with Crippen LogP contribution in [0.15, 0.2) is 12.2 Å². The van der Waals surface area contributed by atoms with Gasteiger partial charge in [-0.1, -0.05) is 219 Å². The van der Waals surface area contributed by atoms with Crippen LogP contribution < -0.4 is 5.32 Å². The van der Waals surface area contributed by atoms with Crippen molar-refractivity contribution in [3.63, 3.8) is 0 Å². The van der Waals surface area contributed by atoms with E-state index in [1.54, 1.807) is 6.08 Å². The third kappa shape index (κ3) is 34.9. The predicted octanol–water partition coefficient (Wildman–Crippen LogP) is 12.0. The van der Waals surface area contributed by atoms with E-state index in [0.29, 0.717) is 6.42 Å². The van der Waals surface area contributed by atoms with Crippen molar-refractivity contribution in [2.24, 2.45) is 0 Å². The molecule has 0 aromatic carbocycles. The highest BCUT2D eigenvalue weighted by molar-refractivity contribution is 5.76. The molecule has 286 valence electrons. The Balaban J connectivity index is 3.55. The van der Waals surface area contributed by atoms with Gasteiger partial charge in [-0.25, -0.2) is 0 Å². The van der Waals surface area contributed by atoms with E-state index < -0.39 is 18.2 Å². The summed E-state index contributed by atoms with van der Waals surface area (Å²) in [6, 6.07) is -0.737. The average Bonchev–Trinajstić information content (AvgIpc) is 3.08. The van der Waals surface area contributed by atoms with Crippen molar-refractivity contribution in [2.75, 3.05) is 6.61 Å². The van der Waals surface area contributed by atoms with E-state index in [1.807, 2.05) is 6.08 Å². The number of nitrogens with one attached hydrogen (secondary N) is 1. The van der Waals surface area contributed by atoms with E-state index in [0.717, 1.165) is 25.7 Å². The number of amides is 1. The van der Waals surface area contributed by atoms with Crippen molar-refractivity contribution < 1.29 is 20.1 Å². The zero-order valence-electron chi connectivity index (χ0n) is 32.4. The van der Waals surface area contributed by atoms with Crippen LogP contribution >= 0.6 is 0 Å². The maximum atomic E-state index is 12.4. The quantitative estimate of drug-likeness (QED) is 0.0384. The number of rotatable bonds is 39. The first kappa shape index (κ1) is 47.1. The van der Waals surface area contributed by atoms with Gasteiger partial charge in [0.2, 0.25) is 5.91 Å². The number of unbranched alkanes of at least 4 members (excludes halogenated alkanes) is 30. The van der Waals surface area contributed by atoms with E-state index in [9.17, 15) is 20.1 Å². The monoisotopic (exact) mass is 680 g/mol. The van der Waals surface area contributed by atoms with Crippen molar-refractivity contribution in [3.05, 3.63) is 12.2 Å². The zero-order valence-corrected chi connectivity index (χ0v) is 32.4. The summed E-state index contributed by atoms with van der Waals surface area (Å²) in [5.74, 6) is -0.314. The van der Waals surface area contributed by atoms with Crippen molar-refractivity contribution in [2.45, 2.75) is 250 Å². The van der Waals surface area contributed by atoms with E-state index in [1.165, 1.54) is 180 Å². The van der Waals surface area contributed by atoms with Gasteiger partial charge in [0, 0.05) is 0 Å². The first-order valence-electron chi connectivity index (χ1n) is 21.5. The molecule has 0 aliphatic rings. The molecule has 0 rings (SSSR count). The minimum absolute atomic E-state index is 0.0184. The Morgan fingerprint density at radius 1 is 0.521 bits per heavy atom. The van der Waals surface area contributed by atoms with Crippen LogP contribution in [0.5, 0.6) is 0 Å². The Morgan fingerprint density at radius 3 is 1.21 bits per heavy atom. The van der Waals surface area contributed by atoms with Crippen LogP contribution in [0.3, 0.4) is 0 Å². The van der Waals surface area contributed by atoms with Crippen LogP contribution in [-0.4, -0.2) is 46.1 Å². The maximum Gasteiger partial charge on any atom is 0.222 e. The highest BCUT2D eigenvalue weighted by atomic mass is 16.3. The summed E-state index contributed by atoms with van der Waals surface area (Å²) in [7, 11) is 0. The highest BCUT2D eigenvalue weighted by Crippen LogP contribution is 2.16. The van der Waals surface area contributed by atoms with Crippen LogP contribution in [0.1, 0.15) is 232 Å². The fourth-order valence-corrected chi connectivity index (χ4v) is 6.75. The molecule has 3 atom stereocenters. The first-order valence-corrected chi connectivity index (χ1v) is 21.5. The summed E-state index contributed by atoms with van der Waals surface area (Å²) >= 11 is 0. The number of hydrogen-bond acceptors (Lipinski definition) is 4. The summed E-state index contributed by atoms with van der Waals surface area (Å²) < 4.78 is 0. The Hall–Kier alpha value is -0.910. The summed E-state index contributed by atoms with van der Waals surface area (Å²) in [6.45, 7) is 4.20. The van der Waals surface area contributed by atoms with Crippen LogP contribution in [0.2, 0.25) is 0 Å². The Kier molecular flexibility index (Phi) is 38.1. The third-order valence-corrected chi connectivity index (χ3v) is 10.1. The molecule has 0 bridgehead atoms. The minimum atomic E-state index is -0.922. The standard InChI is InChI=1S/C43H85NO4/c1-3-5-7-9-11-13-15-16-17-18-19-20-21-22-23-24-25-26-27-28-30-32-34-36-40(46)38-43(48)44-41(39-45)42(47)37-35-33-31-29-14-12-10-8-6-4-2/h35,37,40-42,45-47H,3-34,36,38-39H2,1-2H3,(H,44,48)/b37-35+. The zero-order chi connectivity index (χ0) is 35.2. The van der Waals surface area contributed by atoms with Crippen molar-refractivity contribution in [1.82, 2.24) is 5.32 Å². The summed E-state index contributed by atoms with van der Waals surface area (Å²) in [6.07, 6.45) is 45.1. The first-order chi connectivity index (χ1) is 23.5. The van der Waals surface area contributed by atoms with E-state index in [2.05, 4.69) is 19.2 Å². The van der Waals surface area contributed by atoms with Gasteiger partial charge < -0.3 is 20.6 Å². The van der Waals surface area contributed by atoms with Crippen LogP contribution in [0.25, 0.3) is 0 Å². The van der Waals surface area contributed by atoms with Gasteiger partial charge in [0.05, 0.1) is 31.3 Å². The minimum Gasteiger partial charge on any atom is -0.394 e. The summed E-state index contributed by atoms with van der Waals surface area (Å²) in [5.41, 5.74) is 0. The normalized spacial score (nSPS) is 13.7. The molecule has 4 N–H and O–H groups in total. The number of carbonyl (C=O) groups is 1. The lowest BCUT2D eigenvalue weighted by Crippen LogP contribution is -2.45. The maximum absolute atomic E-state index is 12.4. The molecule has 0 aliphatic heterocycles. The molecule has 0 heterocycles. The lowest BCUT2D eigenvalue weighted by molar-refractivity contribution is -0.124. The predicted molar refractivity (Wildman–Crippen MR) is 208 cm³/mol. The van der Waals surface area contributed by atoms with E-state index in [-0.39, 0.29) is 18.9 Å². The van der Waals surface area contributed by atoms with Gasteiger partial charge in [-0.2, -0.15) is 0 Å². The van der Waals surface area contributed by atoms with E-state index in [4.69, 9.17) is 0 Å². The Bertz CT molecular complexity index is 669. The molecule has 1 amide bonds.